The van der Waals surface area contributed by atoms with Crippen LogP contribution in [-0.2, 0) is 0 Å². The van der Waals surface area contributed by atoms with Gasteiger partial charge in [0, 0.05) is 12.6 Å². The van der Waals surface area contributed by atoms with Crippen LogP contribution in [0.25, 0.3) is 11.3 Å². The van der Waals surface area contributed by atoms with Gasteiger partial charge in [0.1, 0.15) is 5.75 Å². The quantitative estimate of drug-likeness (QED) is 0.910. The second kappa shape index (κ2) is 4.67. The molecule has 1 aromatic heterocycles. The van der Waals surface area contributed by atoms with E-state index in [1.165, 1.54) is 0 Å². The fourth-order valence-corrected chi connectivity index (χ4v) is 1.84. The topological polar surface area (TPSA) is 47.3 Å². The van der Waals surface area contributed by atoms with Crippen LogP contribution >= 0.6 is 11.6 Å². The number of hydrogen-bond donors (Lipinski definition) is 1. The lowest BCUT2D eigenvalue weighted by Crippen LogP contribution is -1.85. The van der Waals surface area contributed by atoms with Crippen LogP contribution in [-0.4, -0.2) is 19.1 Å². The van der Waals surface area contributed by atoms with Crippen molar-refractivity contribution in [2.45, 2.75) is 6.92 Å². The summed E-state index contributed by atoms with van der Waals surface area (Å²) in [4.78, 5) is 4.23. The van der Waals surface area contributed by atoms with Crippen LogP contribution in [0.1, 0.15) is 5.69 Å². The van der Waals surface area contributed by atoms with Crippen LogP contribution in [0.2, 0.25) is 5.02 Å². The van der Waals surface area contributed by atoms with E-state index in [0.29, 0.717) is 22.5 Å². The van der Waals surface area contributed by atoms with Crippen LogP contribution in [0.4, 0.5) is 6.01 Å². The van der Waals surface area contributed by atoms with E-state index < -0.39 is 0 Å². The molecule has 0 spiro atoms. The molecular weight excluding hydrogens is 240 g/mol. The molecule has 17 heavy (non-hydrogen) atoms. The number of hydrogen-bond acceptors (Lipinski definition) is 4. The first-order valence-electron chi connectivity index (χ1n) is 5.14. The number of methoxy groups -OCH3 is 1. The number of halogens is 1. The monoisotopic (exact) mass is 252 g/mol. The van der Waals surface area contributed by atoms with Crippen LogP contribution < -0.4 is 10.1 Å². The average Bonchev–Trinajstić information content (AvgIpc) is 2.70. The van der Waals surface area contributed by atoms with Crippen LogP contribution in [0.3, 0.4) is 0 Å². The summed E-state index contributed by atoms with van der Waals surface area (Å²) in [6.45, 7) is 1.89. The standard InChI is InChI=1S/C12H13ClN2O2/c1-7-11(17-12(14-2)15-7)8-4-5-10(16-3)9(13)6-8/h4-6H,1-3H3,(H,14,15). The molecule has 2 rings (SSSR count). The first-order chi connectivity index (χ1) is 8.15. The smallest absolute Gasteiger partial charge is 0.295 e. The molecule has 0 saturated heterocycles. The molecule has 0 fully saturated rings. The van der Waals surface area contributed by atoms with Gasteiger partial charge in [0.05, 0.1) is 17.8 Å². The molecule has 1 N–H and O–H groups in total. The Labute approximate surface area is 105 Å². The van der Waals surface area contributed by atoms with Crippen molar-refractivity contribution in [1.29, 1.82) is 0 Å². The van der Waals surface area contributed by atoms with Gasteiger partial charge in [-0.05, 0) is 25.1 Å². The number of rotatable bonds is 3. The third kappa shape index (κ3) is 2.22. The van der Waals surface area contributed by atoms with Crippen molar-refractivity contribution in [1.82, 2.24) is 4.98 Å². The largest absolute Gasteiger partial charge is 0.495 e. The van der Waals surface area contributed by atoms with E-state index in [1.807, 2.05) is 13.0 Å². The van der Waals surface area contributed by atoms with Gasteiger partial charge in [-0.3, -0.25) is 0 Å². The maximum absolute atomic E-state index is 6.07. The van der Waals surface area contributed by atoms with Gasteiger partial charge in [-0.2, -0.15) is 4.98 Å². The Morgan fingerprint density at radius 3 is 2.71 bits per heavy atom. The van der Waals surface area contributed by atoms with Crippen LogP contribution in [0.5, 0.6) is 5.75 Å². The van der Waals surface area contributed by atoms with Crippen molar-refractivity contribution in [3.8, 4) is 17.1 Å². The van der Waals surface area contributed by atoms with Crippen LogP contribution in [0.15, 0.2) is 22.6 Å². The van der Waals surface area contributed by atoms with E-state index in [1.54, 1.807) is 26.3 Å². The molecule has 90 valence electrons. The number of benzene rings is 1. The van der Waals surface area contributed by atoms with Gasteiger partial charge in [0.2, 0.25) is 0 Å². The Morgan fingerprint density at radius 2 is 2.18 bits per heavy atom. The minimum absolute atomic E-state index is 0.490. The molecule has 0 aliphatic rings. The normalized spacial score (nSPS) is 10.4. The van der Waals surface area contributed by atoms with E-state index >= 15 is 0 Å². The molecular formula is C12H13ClN2O2. The highest BCUT2D eigenvalue weighted by Gasteiger charge is 2.12. The van der Waals surface area contributed by atoms with Crippen molar-refractivity contribution >= 4 is 17.6 Å². The van der Waals surface area contributed by atoms with Crippen molar-refractivity contribution in [2.24, 2.45) is 0 Å². The van der Waals surface area contributed by atoms with E-state index in [-0.39, 0.29) is 0 Å². The Kier molecular flexibility index (Phi) is 3.24. The summed E-state index contributed by atoms with van der Waals surface area (Å²) in [6.07, 6.45) is 0. The summed E-state index contributed by atoms with van der Waals surface area (Å²) in [5, 5.41) is 3.41. The fraction of sp³-hybridized carbons (Fsp3) is 0.250. The van der Waals surface area contributed by atoms with E-state index in [2.05, 4.69) is 10.3 Å². The molecule has 0 aliphatic heterocycles. The molecule has 5 heteroatoms. The minimum Gasteiger partial charge on any atom is -0.495 e. The molecule has 0 saturated carbocycles. The third-order valence-corrected chi connectivity index (χ3v) is 2.72. The summed E-state index contributed by atoms with van der Waals surface area (Å²) in [5.74, 6) is 1.35. The van der Waals surface area contributed by atoms with Gasteiger partial charge < -0.3 is 14.5 Å². The van der Waals surface area contributed by atoms with Gasteiger partial charge >= 0.3 is 0 Å². The van der Waals surface area contributed by atoms with Crippen molar-refractivity contribution in [3.05, 3.63) is 28.9 Å². The second-order valence-corrected chi connectivity index (χ2v) is 3.94. The fourth-order valence-electron chi connectivity index (χ4n) is 1.58. The number of ether oxygens (including phenoxy) is 1. The lowest BCUT2D eigenvalue weighted by Gasteiger charge is -2.04. The summed E-state index contributed by atoms with van der Waals surface area (Å²) >= 11 is 6.07. The number of nitrogens with one attached hydrogen (secondary N) is 1. The summed E-state index contributed by atoms with van der Waals surface area (Å²) in [6, 6.07) is 5.98. The second-order valence-electron chi connectivity index (χ2n) is 3.53. The number of oxazole rings is 1. The highest BCUT2D eigenvalue weighted by atomic mass is 35.5. The Hall–Kier alpha value is -1.68. The maximum atomic E-state index is 6.07. The first kappa shape index (κ1) is 11.8. The predicted octanol–water partition coefficient (Wildman–Crippen LogP) is 3.35. The summed E-state index contributed by atoms with van der Waals surface area (Å²) < 4.78 is 10.7. The minimum atomic E-state index is 0.490. The molecule has 0 amide bonds. The highest BCUT2D eigenvalue weighted by molar-refractivity contribution is 6.32. The molecule has 1 aromatic carbocycles. The first-order valence-corrected chi connectivity index (χ1v) is 5.52. The van der Waals surface area contributed by atoms with Gasteiger partial charge in [-0.1, -0.05) is 11.6 Å². The Bertz CT molecular complexity index is 537. The van der Waals surface area contributed by atoms with Gasteiger partial charge in [-0.15, -0.1) is 0 Å². The Balaban J connectivity index is 2.45. The van der Waals surface area contributed by atoms with Gasteiger partial charge in [-0.25, -0.2) is 0 Å². The average molecular weight is 253 g/mol. The van der Waals surface area contributed by atoms with Crippen molar-refractivity contribution in [3.63, 3.8) is 0 Å². The Morgan fingerprint density at radius 1 is 1.41 bits per heavy atom. The molecule has 0 bridgehead atoms. The number of aromatic nitrogens is 1. The predicted molar refractivity (Wildman–Crippen MR) is 67.8 cm³/mol. The number of nitrogens with zero attached hydrogens (tertiary/aromatic N) is 1. The van der Waals surface area contributed by atoms with Gasteiger partial charge in [0.25, 0.3) is 6.01 Å². The lowest BCUT2D eigenvalue weighted by molar-refractivity contribution is 0.415. The summed E-state index contributed by atoms with van der Waals surface area (Å²) in [7, 11) is 3.34. The molecule has 0 atom stereocenters. The van der Waals surface area contributed by atoms with E-state index in [4.69, 9.17) is 20.8 Å². The molecule has 1 heterocycles. The zero-order valence-electron chi connectivity index (χ0n) is 9.87. The molecule has 2 aromatic rings. The number of anilines is 1. The zero-order valence-corrected chi connectivity index (χ0v) is 10.6. The van der Waals surface area contributed by atoms with Crippen molar-refractivity contribution < 1.29 is 9.15 Å². The van der Waals surface area contributed by atoms with Crippen LogP contribution in [0, 0.1) is 6.92 Å². The van der Waals surface area contributed by atoms with E-state index in [0.717, 1.165) is 11.3 Å². The molecule has 0 unspecified atom stereocenters. The molecule has 4 nitrogen and oxygen atoms in total. The summed E-state index contributed by atoms with van der Waals surface area (Å²) in [5.41, 5.74) is 1.69. The van der Waals surface area contributed by atoms with Crippen molar-refractivity contribution in [2.75, 3.05) is 19.5 Å². The molecule has 0 radical (unpaired) electrons. The zero-order chi connectivity index (χ0) is 12.4. The highest BCUT2D eigenvalue weighted by Crippen LogP contribution is 2.32. The maximum Gasteiger partial charge on any atom is 0.295 e. The molecule has 0 aliphatic carbocycles. The SMILES string of the molecule is CNc1nc(C)c(-c2ccc(OC)c(Cl)c2)o1. The number of aryl methyl sites for hydroxylation is 1. The van der Waals surface area contributed by atoms with Gasteiger partial charge in [0.15, 0.2) is 5.76 Å². The van der Waals surface area contributed by atoms with E-state index in [9.17, 15) is 0 Å². The third-order valence-electron chi connectivity index (χ3n) is 2.42. The lowest BCUT2D eigenvalue weighted by atomic mass is 10.1.